The summed E-state index contributed by atoms with van der Waals surface area (Å²) in [6.45, 7) is 7.77. The normalized spacial score (nSPS) is 12.2. The molecule has 1 rings (SSSR count). The van der Waals surface area contributed by atoms with Gasteiger partial charge in [-0.3, -0.25) is 4.79 Å². The van der Waals surface area contributed by atoms with Gasteiger partial charge in [-0.25, -0.2) is 0 Å². The summed E-state index contributed by atoms with van der Waals surface area (Å²) < 4.78 is 0. The fourth-order valence-corrected chi connectivity index (χ4v) is 1.67. The number of amides is 1. The van der Waals surface area contributed by atoms with E-state index in [0.29, 0.717) is 5.92 Å². The van der Waals surface area contributed by atoms with Crippen molar-refractivity contribution in [2.75, 3.05) is 0 Å². The first-order valence-electron chi connectivity index (χ1n) is 5.61. The quantitative estimate of drug-likeness (QED) is 0.754. The molecule has 1 amide bonds. The van der Waals surface area contributed by atoms with Gasteiger partial charge in [-0.2, -0.15) is 0 Å². The molecule has 1 aromatic carbocycles. The molecule has 0 aliphatic carbocycles. The zero-order valence-electron chi connectivity index (χ0n) is 9.94. The second-order valence-corrected chi connectivity index (χ2v) is 4.31. The SMILES string of the molecule is C=CC(=O)NC(CC(C)C)c1ccccc1. The molecule has 0 spiro atoms. The van der Waals surface area contributed by atoms with Gasteiger partial charge >= 0.3 is 0 Å². The van der Waals surface area contributed by atoms with Crippen LogP contribution in [0.25, 0.3) is 0 Å². The minimum atomic E-state index is -0.116. The molecule has 86 valence electrons. The van der Waals surface area contributed by atoms with E-state index in [1.54, 1.807) is 0 Å². The van der Waals surface area contributed by atoms with Crippen molar-refractivity contribution in [1.82, 2.24) is 5.32 Å². The average Bonchev–Trinajstić information content (AvgIpc) is 2.28. The van der Waals surface area contributed by atoms with Gasteiger partial charge in [0.25, 0.3) is 0 Å². The van der Waals surface area contributed by atoms with Crippen LogP contribution in [0.4, 0.5) is 0 Å². The standard InChI is InChI=1S/C14H19NO/c1-4-14(16)15-13(10-11(2)3)12-8-6-5-7-9-12/h4-9,11,13H,1,10H2,2-3H3,(H,15,16). The molecule has 0 saturated heterocycles. The topological polar surface area (TPSA) is 29.1 Å². The zero-order valence-corrected chi connectivity index (χ0v) is 9.94. The van der Waals surface area contributed by atoms with Crippen LogP contribution in [0.3, 0.4) is 0 Å². The van der Waals surface area contributed by atoms with E-state index >= 15 is 0 Å². The van der Waals surface area contributed by atoms with Crippen molar-refractivity contribution in [3.8, 4) is 0 Å². The van der Waals surface area contributed by atoms with Gasteiger partial charge < -0.3 is 5.32 Å². The molecule has 16 heavy (non-hydrogen) atoms. The molecule has 1 unspecified atom stereocenters. The van der Waals surface area contributed by atoms with E-state index in [4.69, 9.17) is 0 Å². The van der Waals surface area contributed by atoms with Gasteiger partial charge in [0, 0.05) is 0 Å². The molecule has 0 radical (unpaired) electrons. The van der Waals surface area contributed by atoms with Gasteiger partial charge in [0.05, 0.1) is 6.04 Å². The lowest BCUT2D eigenvalue weighted by atomic mass is 9.97. The zero-order chi connectivity index (χ0) is 12.0. The molecule has 0 aliphatic rings. The second-order valence-electron chi connectivity index (χ2n) is 4.31. The highest BCUT2D eigenvalue weighted by Crippen LogP contribution is 2.20. The van der Waals surface area contributed by atoms with E-state index in [2.05, 4.69) is 25.7 Å². The van der Waals surface area contributed by atoms with Crippen molar-refractivity contribution in [2.24, 2.45) is 5.92 Å². The Labute approximate surface area is 97.4 Å². The summed E-state index contributed by atoms with van der Waals surface area (Å²) in [6.07, 6.45) is 2.25. The maximum atomic E-state index is 11.3. The minimum Gasteiger partial charge on any atom is -0.346 e. The molecular weight excluding hydrogens is 198 g/mol. The Morgan fingerprint density at radius 2 is 2.00 bits per heavy atom. The first kappa shape index (κ1) is 12.5. The summed E-state index contributed by atoms with van der Waals surface area (Å²) in [6, 6.07) is 10.1. The van der Waals surface area contributed by atoms with Crippen LogP contribution in [0, 0.1) is 5.92 Å². The molecule has 1 aromatic rings. The molecule has 2 heteroatoms. The molecule has 0 aliphatic heterocycles. The first-order valence-corrected chi connectivity index (χ1v) is 5.61. The second kappa shape index (κ2) is 6.11. The Morgan fingerprint density at radius 1 is 1.38 bits per heavy atom. The van der Waals surface area contributed by atoms with Crippen LogP contribution >= 0.6 is 0 Å². The lowest BCUT2D eigenvalue weighted by Crippen LogP contribution is -2.27. The number of nitrogens with one attached hydrogen (secondary N) is 1. The van der Waals surface area contributed by atoms with Gasteiger partial charge in [0.1, 0.15) is 0 Å². The molecule has 0 heterocycles. The summed E-state index contributed by atoms with van der Waals surface area (Å²) >= 11 is 0. The number of carbonyl (C=O) groups excluding carboxylic acids is 1. The van der Waals surface area contributed by atoms with Crippen molar-refractivity contribution in [2.45, 2.75) is 26.3 Å². The molecule has 1 atom stereocenters. The third-order valence-electron chi connectivity index (χ3n) is 2.41. The molecule has 0 aromatic heterocycles. The molecule has 0 fully saturated rings. The maximum absolute atomic E-state index is 11.3. The van der Waals surface area contributed by atoms with Crippen molar-refractivity contribution in [3.63, 3.8) is 0 Å². The number of carbonyl (C=O) groups is 1. The predicted octanol–water partition coefficient (Wildman–Crippen LogP) is 3.08. The highest BCUT2D eigenvalue weighted by molar-refractivity contribution is 5.87. The number of rotatable bonds is 5. The molecule has 0 bridgehead atoms. The highest BCUT2D eigenvalue weighted by Gasteiger charge is 2.14. The van der Waals surface area contributed by atoms with E-state index in [-0.39, 0.29) is 11.9 Å². The molecule has 0 saturated carbocycles. The summed E-state index contributed by atoms with van der Waals surface area (Å²) in [5, 5.41) is 2.96. The summed E-state index contributed by atoms with van der Waals surface area (Å²) in [5.41, 5.74) is 1.14. The van der Waals surface area contributed by atoms with Gasteiger partial charge in [-0.1, -0.05) is 50.8 Å². The van der Waals surface area contributed by atoms with Crippen molar-refractivity contribution in [1.29, 1.82) is 0 Å². The van der Waals surface area contributed by atoms with Crippen molar-refractivity contribution >= 4 is 5.91 Å². The third kappa shape index (κ3) is 3.89. The minimum absolute atomic E-state index is 0.0756. The number of hydrogen-bond acceptors (Lipinski definition) is 1. The lowest BCUT2D eigenvalue weighted by molar-refractivity contribution is -0.117. The predicted molar refractivity (Wildman–Crippen MR) is 67.0 cm³/mol. The van der Waals surface area contributed by atoms with Crippen LogP contribution in [0.2, 0.25) is 0 Å². The Balaban J connectivity index is 2.79. The molecular formula is C14H19NO. The fraction of sp³-hybridized carbons (Fsp3) is 0.357. The van der Waals surface area contributed by atoms with E-state index in [1.165, 1.54) is 6.08 Å². The Kier molecular flexibility index (Phi) is 4.77. The van der Waals surface area contributed by atoms with Gasteiger partial charge in [-0.05, 0) is 24.0 Å². The van der Waals surface area contributed by atoms with E-state index < -0.39 is 0 Å². The van der Waals surface area contributed by atoms with Gasteiger partial charge in [0.2, 0.25) is 5.91 Å². The Hall–Kier alpha value is -1.57. The average molecular weight is 217 g/mol. The number of benzene rings is 1. The van der Waals surface area contributed by atoms with Crippen LogP contribution in [0.5, 0.6) is 0 Å². The number of hydrogen-bond donors (Lipinski definition) is 1. The van der Waals surface area contributed by atoms with Gasteiger partial charge in [0.15, 0.2) is 0 Å². The van der Waals surface area contributed by atoms with E-state index in [9.17, 15) is 4.79 Å². The van der Waals surface area contributed by atoms with Crippen LogP contribution in [0.1, 0.15) is 31.9 Å². The Bertz CT molecular complexity index is 343. The largest absolute Gasteiger partial charge is 0.346 e. The first-order chi connectivity index (χ1) is 7.63. The van der Waals surface area contributed by atoms with Crippen LogP contribution in [0.15, 0.2) is 43.0 Å². The van der Waals surface area contributed by atoms with Crippen LogP contribution in [-0.2, 0) is 4.79 Å². The van der Waals surface area contributed by atoms with Crippen LogP contribution in [-0.4, -0.2) is 5.91 Å². The van der Waals surface area contributed by atoms with Crippen LogP contribution < -0.4 is 5.32 Å². The van der Waals surface area contributed by atoms with Crippen molar-refractivity contribution < 1.29 is 4.79 Å². The van der Waals surface area contributed by atoms with E-state index in [0.717, 1.165) is 12.0 Å². The van der Waals surface area contributed by atoms with Crippen molar-refractivity contribution in [3.05, 3.63) is 48.6 Å². The maximum Gasteiger partial charge on any atom is 0.243 e. The highest BCUT2D eigenvalue weighted by atomic mass is 16.1. The summed E-state index contributed by atoms with van der Waals surface area (Å²) in [7, 11) is 0. The smallest absolute Gasteiger partial charge is 0.243 e. The summed E-state index contributed by atoms with van der Waals surface area (Å²) in [5.74, 6) is 0.421. The van der Waals surface area contributed by atoms with Gasteiger partial charge in [-0.15, -0.1) is 0 Å². The molecule has 2 nitrogen and oxygen atoms in total. The van der Waals surface area contributed by atoms with E-state index in [1.807, 2.05) is 30.3 Å². The monoisotopic (exact) mass is 217 g/mol. The fourth-order valence-electron chi connectivity index (χ4n) is 1.67. The Morgan fingerprint density at radius 3 is 2.50 bits per heavy atom. The third-order valence-corrected chi connectivity index (χ3v) is 2.41. The summed E-state index contributed by atoms with van der Waals surface area (Å²) in [4.78, 5) is 11.3. The molecule has 1 N–H and O–H groups in total. The lowest BCUT2D eigenvalue weighted by Gasteiger charge is -2.20.